The largest absolute Gasteiger partial charge is 0.507 e. The first-order valence-electron chi connectivity index (χ1n) is 11.9. The average Bonchev–Trinajstić information content (AvgIpc) is 3.46. The summed E-state index contributed by atoms with van der Waals surface area (Å²) in [5, 5.41) is 11.2. The normalized spacial score (nSPS) is 18.5. The third-order valence-electron chi connectivity index (χ3n) is 6.75. The second-order valence-corrected chi connectivity index (χ2v) is 9.61. The highest BCUT2D eigenvalue weighted by Gasteiger charge is 2.32. The molecule has 36 heavy (non-hydrogen) atoms. The third-order valence-corrected chi connectivity index (χ3v) is 6.99. The van der Waals surface area contributed by atoms with Crippen LogP contribution in [0.3, 0.4) is 0 Å². The van der Waals surface area contributed by atoms with Gasteiger partial charge >= 0.3 is 0 Å². The molecule has 184 valence electrons. The molecule has 1 saturated heterocycles. The minimum absolute atomic E-state index is 0.133. The Bertz CT molecular complexity index is 1360. The van der Waals surface area contributed by atoms with Gasteiger partial charge in [-0.3, -0.25) is 14.6 Å². The fourth-order valence-corrected chi connectivity index (χ4v) is 5.02. The summed E-state index contributed by atoms with van der Waals surface area (Å²) >= 11 is 6.08. The van der Waals surface area contributed by atoms with Crippen molar-refractivity contribution in [2.24, 2.45) is 0 Å². The zero-order valence-electron chi connectivity index (χ0n) is 19.6. The van der Waals surface area contributed by atoms with Gasteiger partial charge in [-0.25, -0.2) is 0 Å². The Morgan fingerprint density at radius 2 is 1.69 bits per heavy atom. The molecule has 0 atom stereocenters. The van der Waals surface area contributed by atoms with Crippen LogP contribution in [0.5, 0.6) is 23.0 Å². The second-order valence-electron chi connectivity index (χ2n) is 9.17. The molecular weight excluding hydrogens is 480 g/mol. The van der Waals surface area contributed by atoms with Gasteiger partial charge in [0.2, 0.25) is 12.6 Å². The number of hydrogen-bond donors (Lipinski definition) is 1. The van der Waals surface area contributed by atoms with Gasteiger partial charge in [-0.05, 0) is 53.6 Å². The van der Waals surface area contributed by atoms with Crippen molar-refractivity contribution in [3.05, 3.63) is 87.6 Å². The molecule has 8 heteroatoms. The number of carbonyl (C=O) groups excluding carboxylic acids is 1. The molecule has 0 amide bonds. The molecule has 3 aromatic carbocycles. The van der Waals surface area contributed by atoms with Crippen molar-refractivity contribution >= 4 is 23.5 Å². The lowest BCUT2D eigenvalue weighted by molar-refractivity contribution is 0.101. The molecular formula is C28H25ClN2O5. The van der Waals surface area contributed by atoms with Crippen LogP contribution in [0, 0.1) is 0 Å². The molecule has 6 rings (SSSR count). The van der Waals surface area contributed by atoms with Crippen LogP contribution >= 0.6 is 11.6 Å². The van der Waals surface area contributed by atoms with E-state index in [-0.39, 0.29) is 24.1 Å². The monoisotopic (exact) mass is 504 g/mol. The SMILES string of the molecule is O=C1/C(=C/c2cccc(Cl)c2)Oc2c1ccc(O)c2CN1CCN(Cc2ccc3c(c2)OCO3)CC1. The Kier molecular flexibility index (Phi) is 6.05. The summed E-state index contributed by atoms with van der Waals surface area (Å²) < 4.78 is 16.9. The topological polar surface area (TPSA) is 71.5 Å². The van der Waals surface area contributed by atoms with Crippen LogP contribution in [-0.2, 0) is 13.1 Å². The molecule has 0 aliphatic carbocycles. The number of Topliss-reactive ketones (excluding diaryl/α,β-unsaturated/α-hetero) is 1. The molecule has 0 unspecified atom stereocenters. The Hall–Kier alpha value is -3.52. The van der Waals surface area contributed by atoms with Gasteiger partial charge in [0.25, 0.3) is 0 Å². The van der Waals surface area contributed by atoms with E-state index in [2.05, 4.69) is 15.9 Å². The van der Waals surface area contributed by atoms with E-state index in [0.29, 0.717) is 28.4 Å². The van der Waals surface area contributed by atoms with Gasteiger partial charge < -0.3 is 19.3 Å². The van der Waals surface area contributed by atoms with Crippen LogP contribution in [0.1, 0.15) is 27.0 Å². The van der Waals surface area contributed by atoms with Crippen molar-refractivity contribution in [2.45, 2.75) is 13.1 Å². The first-order valence-corrected chi connectivity index (χ1v) is 12.3. The molecule has 0 radical (unpaired) electrons. The standard InChI is InChI=1S/C28H25ClN2O5/c29-20-3-1-2-18(12-20)13-26-27(33)21-5-6-23(32)22(28(21)36-26)16-31-10-8-30(9-11-31)15-19-4-7-24-25(14-19)35-17-34-24/h1-7,12-14,32H,8-11,15-17H2/b26-13-. The van der Waals surface area contributed by atoms with E-state index in [1.165, 1.54) is 5.56 Å². The summed E-state index contributed by atoms with van der Waals surface area (Å²) in [6.45, 7) is 5.09. The Morgan fingerprint density at radius 3 is 2.50 bits per heavy atom. The number of piperazine rings is 1. The first-order chi connectivity index (χ1) is 17.5. The molecule has 3 aliphatic rings. The zero-order valence-corrected chi connectivity index (χ0v) is 20.3. The van der Waals surface area contributed by atoms with Gasteiger partial charge in [-0.1, -0.05) is 29.8 Å². The maximum Gasteiger partial charge on any atom is 0.231 e. The number of rotatable bonds is 5. The molecule has 3 aromatic rings. The summed E-state index contributed by atoms with van der Waals surface area (Å²) in [4.78, 5) is 17.7. The Labute approximate surface area is 214 Å². The summed E-state index contributed by atoms with van der Waals surface area (Å²) in [5.41, 5.74) is 3.08. The van der Waals surface area contributed by atoms with Crippen LogP contribution in [0.4, 0.5) is 0 Å². The van der Waals surface area contributed by atoms with Crippen molar-refractivity contribution in [3.63, 3.8) is 0 Å². The zero-order chi connectivity index (χ0) is 24.6. The number of carbonyl (C=O) groups is 1. The predicted octanol–water partition coefficient (Wildman–Crippen LogP) is 4.71. The van der Waals surface area contributed by atoms with Crippen LogP contribution < -0.4 is 14.2 Å². The molecule has 0 bridgehead atoms. The minimum Gasteiger partial charge on any atom is -0.507 e. The van der Waals surface area contributed by atoms with Gasteiger partial charge in [-0.2, -0.15) is 0 Å². The molecule has 7 nitrogen and oxygen atoms in total. The molecule has 0 aromatic heterocycles. The lowest BCUT2D eigenvalue weighted by Gasteiger charge is -2.35. The fraction of sp³-hybridized carbons (Fsp3) is 0.250. The number of hydrogen-bond acceptors (Lipinski definition) is 7. The number of fused-ring (bicyclic) bond motifs is 2. The first kappa shape index (κ1) is 22.9. The number of aromatic hydroxyl groups is 1. The number of allylic oxidation sites excluding steroid dienone is 1. The maximum atomic E-state index is 13.0. The summed E-state index contributed by atoms with van der Waals surface area (Å²) in [6, 6.07) is 16.5. The smallest absolute Gasteiger partial charge is 0.231 e. The van der Waals surface area contributed by atoms with Crippen molar-refractivity contribution in [3.8, 4) is 23.0 Å². The molecule has 3 heterocycles. The number of nitrogens with zero attached hydrogens (tertiary/aromatic N) is 2. The van der Waals surface area contributed by atoms with Gasteiger partial charge in [0.1, 0.15) is 11.5 Å². The summed E-state index contributed by atoms with van der Waals surface area (Å²) in [7, 11) is 0. The van der Waals surface area contributed by atoms with E-state index in [0.717, 1.165) is 49.8 Å². The van der Waals surface area contributed by atoms with Crippen molar-refractivity contribution in [2.75, 3.05) is 33.0 Å². The summed E-state index contributed by atoms with van der Waals surface area (Å²) in [6.07, 6.45) is 1.68. The van der Waals surface area contributed by atoms with Crippen LogP contribution in [0.15, 0.2) is 60.4 Å². The van der Waals surface area contributed by atoms with E-state index in [1.54, 1.807) is 30.3 Å². The van der Waals surface area contributed by atoms with Gasteiger partial charge in [0.05, 0.1) is 11.1 Å². The Morgan fingerprint density at radius 1 is 0.917 bits per heavy atom. The average molecular weight is 505 g/mol. The van der Waals surface area contributed by atoms with Crippen molar-refractivity contribution in [1.82, 2.24) is 9.80 Å². The minimum atomic E-state index is -0.195. The molecule has 1 fully saturated rings. The highest BCUT2D eigenvalue weighted by molar-refractivity contribution is 6.30. The number of phenols is 1. The maximum absolute atomic E-state index is 13.0. The third kappa shape index (κ3) is 4.53. The number of benzene rings is 3. The van der Waals surface area contributed by atoms with Crippen molar-refractivity contribution in [1.29, 1.82) is 0 Å². The van der Waals surface area contributed by atoms with Gasteiger partial charge in [0.15, 0.2) is 17.3 Å². The van der Waals surface area contributed by atoms with Crippen LogP contribution in [-0.4, -0.2) is 53.7 Å². The number of ketones is 1. The highest BCUT2D eigenvalue weighted by Crippen LogP contribution is 2.40. The van der Waals surface area contributed by atoms with E-state index in [4.69, 9.17) is 25.8 Å². The molecule has 0 saturated carbocycles. The quantitative estimate of drug-likeness (QED) is 0.504. The van der Waals surface area contributed by atoms with Crippen LogP contribution in [0.2, 0.25) is 5.02 Å². The molecule has 3 aliphatic heterocycles. The van der Waals surface area contributed by atoms with Crippen LogP contribution in [0.25, 0.3) is 6.08 Å². The van der Waals surface area contributed by atoms with E-state index >= 15 is 0 Å². The lowest BCUT2D eigenvalue weighted by Crippen LogP contribution is -2.45. The van der Waals surface area contributed by atoms with E-state index < -0.39 is 0 Å². The lowest BCUT2D eigenvalue weighted by atomic mass is 10.0. The number of ether oxygens (including phenoxy) is 3. The fourth-order valence-electron chi connectivity index (χ4n) is 4.82. The second kappa shape index (κ2) is 9.50. The number of halogens is 1. The number of phenolic OH excluding ortho intramolecular Hbond substituents is 1. The van der Waals surface area contributed by atoms with E-state index in [9.17, 15) is 9.90 Å². The van der Waals surface area contributed by atoms with Gasteiger partial charge in [0, 0.05) is 44.3 Å². The highest BCUT2D eigenvalue weighted by atomic mass is 35.5. The van der Waals surface area contributed by atoms with Crippen molar-refractivity contribution < 1.29 is 24.1 Å². The summed E-state index contributed by atoms with van der Waals surface area (Å²) in [5.74, 6) is 2.21. The molecule has 1 N–H and O–H groups in total. The van der Waals surface area contributed by atoms with E-state index in [1.807, 2.05) is 24.3 Å². The molecule has 0 spiro atoms. The van der Waals surface area contributed by atoms with Gasteiger partial charge in [-0.15, -0.1) is 0 Å². The predicted molar refractivity (Wildman–Crippen MR) is 136 cm³/mol. The Balaban J connectivity index is 1.13.